The summed E-state index contributed by atoms with van der Waals surface area (Å²) >= 11 is 0. The molecule has 0 bridgehead atoms. The molecule has 4 rings (SSSR count). The van der Waals surface area contributed by atoms with E-state index in [0.29, 0.717) is 6.04 Å². The third-order valence-corrected chi connectivity index (χ3v) is 5.75. The monoisotopic (exact) mass is 382 g/mol. The zero-order chi connectivity index (χ0) is 19.9. The van der Waals surface area contributed by atoms with Crippen LogP contribution in [0.2, 0.25) is 0 Å². The lowest BCUT2D eigenvalue weighted by Gasteiger charge is -2.39. The van der Waals surface area contributed by atoms with Gasteiger partial charge in [-0.25, -0.2) is 0 Å². The molecule has 3 aromatic carbocycles. The molecule has 1 unspecified atom stereocenters. The molecule has 0 N–H and O–H groups in total. The highest BCUT2D eigenvalue weighted by molar-refractivity contribution is 5.48. The van der Waals surface area contributed by atoms with Crippen molar-refractivity contribution in [3.05, 3.63) is 113 Å². The van der Waals surface area contributed by atoms with Gasteiger partial charge in [0.25, 0.3) is 0 Å². The summed E-state index contributed by atoms with van der Waals surface area (Å²) < 4.78 is 0. The Morgan fingerprint density at radius 1 is 0.724 bits per heavy atom. The maximum atomic E-state index is 2.64. The maximum absolute atomic E-state index is 2.64. The maximum Gasteiger partial charge on any atom is 0.0602 e. The molecular weight excluding hydrogens is 352 g/mol. The largest absolute Gasteiger partial charge is 0.297 e. The van der Waals surface area contributed by atoms with Crippen LogP contribution in [0.15, 0.2) is 91.0 Å². The second kappa shape index (κ2) is 9.69. The second-order valence-electron chi connectivity index (χ2n) is 7.87. The molecule has 1 atom stereocenters. The summed E-state index contributed by atoms with van der Waals surface area (Å²) in [5, 5.41) is 0. The molecule has 1 heterocycles. The number of nitrogens with zero attached hydrogens (tertiary/aromatic N) is 2. The highest BCUT2D eigenvalue weighted by Gasteiger charge is 2.25. The molecule has 1 saturated heterocycles. The quantitative estimate of drug-likeness (QED) is 0.562. The predicted octanol–water partition coefficient (Wildman–Crippen LogP) is 5.42. The first-order valence-electron chi connectivity index (χ1n) is 10.6. The molecule has 0 radical (unpaired) electrons. The number of hydrogen-bond acceptors (Lipinski definition) is 2. The van der Waals surface area contributed by atoms with Gasteiger partial charge in [-0.05, 0) is 23.6 Å². The molecule has 0 saturated carbocycles. The lowest BCUT2D eigenvalue weighted by atomic mass is 9.95. The van der Waals surface area contributed by atoms with Gasteiger partial charge in [0, 0.05) is 32.7 Å². The Balaban J connectivity index is 1.41. The average molecular weight is 383 g/mol. The van der Waals surface area contributed by atoms with E-state index in [9.17, 15) is 0 Å². The van der Waals surface area contributed by atoms with Crippen LogP contribution in [0.25, 0.3) is 6.08 Å². The summed E-state index contributed by atoms with van der Waals surface area (Å²) in [5.74, 6) is 0. The van der Waals surface area contributed by atoms with Crippen LogP contribution in [0, 0.1) is 6.92 Å². The van der Waals surface area contributed by atoms with Crippen LogP contribution in [0.1, 0.15) is 28.3 Å². The second-order valence-corrected chi connectivity index (χ2v) is 7.87. The van der Waals surface area contributed by atoms with E-state index in [0.717, 1.165) is 32.7 Å². The predicted molar refractivity (Wildman–Crippen MR) is 123 cm³/mol. The van der Waals surface area contributed by atoms with Crippen LogP contribution in [0.3, 0.4) is 0 Å². The van der Waals surface area contributed by atoms with Crippen LogP contribution in [0.5, 0.6) is 0 Å². The van der Waals surface area contributed by atoms with Crippen molar-refractivity contribution in [1.29, 1.82) is 0 Å². The first-order chi connectivity index (χ1) is 14.3. The first-order valence-corrected chi connectivity index (χ1v) is 10.6. The summed E-state index contributed by atoms with van der Waals surface area (Å²) in [5.41, 5.74) is 5.36. The molecule has 0 amide bonds. The Morgan fingerprint density at radius 2 is 1.31 bits per heavy atom. The number of rotatable bonds is 6. The third-order valence-electron chi connectivity index (χ3n) is 5.75. The van der Waals surface area contributed by atoms with Crippen molar-refractivity contribution in [2.45, 2.75) is 13.0 Å². The Morgan fingerprint density at radius 3 is 1.97 bits per heavy atom. The fourth-order valence-electron chi connectivity index (χ4n) is 4.10. The SMILES string of the molecule is Cc1ccc(C(c2ccccc2)N2CCN(CC=Cc3ccccc3)CC2)cc1. The van der Waals surface area contributed by atoms with Crippen molar-refractivity contribution < 1.29 is 0 Å². The number of aryl methyl sites for hydroxylation is 1. The van der Waals surface area contributed by atoms with Crippen LogP contribution < -0.4 is 0 Å². The van der Waals surface area contributed by atoms with Gasteiger partial charge in [-0.2, -0.15) is 0 Å². The van der Waals surface area contributed by atoms with Gasteiger partial charge in [0.2, 0.25) is 0 Å². The summed E-state index contributed by atoms with van der Waals surface area (Å²) in [6.45, 7) is 7.56. The van der Waals surface area contributed by atoms with E-state index in [2.05, 4.69) is 114 Å². The summed E-state index contributed by atoms with van der Waals surface area (Å²) in [6.07, 6.45) is 4.52. The van der Waals surface area contributed by atoms with E-state index >= 15 is 0 Å². The zero-order valence-electron chi connectivity index (χ0n) is 17.2. The molecule has 148 valence electrons. The van der Waals surface area contributed by atoms with Gasteiger partial charge >= 0.3 is 0 Å². The molecule has 1 aliphatic rings. The standard InChI is InChI=1S/C27H30N2/c1-23-14-16-26(17-15-23)27(25-12-6-3-7-13-25)29-21-19-28(20-22-29)18-8-11-24-9-4-2-5-10-24/h2-17,27H,18-22H2,1H3. The molecule has 0 aromatic heterocycles. The van der Waals surface area contributed by atoms with Crippen molar-refractivity contribution in [3.8, 4) is 0 Å². The van der Waals surface area contributed by atoms with E-state index in [1.807, 2.05) is 0 Å². The van der Waals surface area contributed by atoms with Crippen molar-refractivity contribution in [3.63, 3.8) is 0 Å². The Hall–Kier alpha value is -2.68. The van der Waals surface area contributed by atoms with E-state index in [1.165, 1.54) is 22.3 Å². The highest BCUT2D eigenvalue weighted by Crippen LogP contribution is 2.29. The number of benzene rings is 3. The van der Waals surface area contributed by atoms with Crippen LogP contribution in [0.4, 0.5) is 0 Å². The molecule has 0 aliphatic carbocycles. The number of piperazine rings is 1. The summed E-state index contributed by atoms with van der Waals surface area (Å²) in [7, 11) is 0. The van der Waals surface area contributed by atoms with Gasteiger partial charge in [0.1, 0.15) is 0 Å². The topological polar surface area (TPSA) is 6.48 Å². The minimum absolute atomic E-state index is 0.332. The minimum Gasteiger partial charge on any atom is -0.297 e. The Labute approximate surface area is 175 Å². The molecular formula is C27H30N2. The van der Waals surface area contributed by atoms with Crippen LogP contribution in [-0.2, 0) is 0 Å². The average Bonchev–Trinajstić information content (AvgIpc) is 2.78. The van der Waals surface area contributed by atoms with E-state index < -0.39 is 0 Å². The van der Waals surface area contributed by atoms with Crippen LogP contribution in [-0.4, -0.2) is 42.5 Å². The van der Waals surface area contributed by atoms with Crippen molar-refractivity contribution >= 4 is 6.08 Å². The third kappa shape index (κ3) is 5.23. The molecule has 29 heavy (non-hydrogen) atoms. The molecule has 3 aromatic rings. The highest BCUT2D eigenvalue weighted by atomic mass is 15.3. The smallest absolute Gasteiger partial charge is 0.0602 e. The first kappa shape index (κ1) is 19.6. The lowest BCUT2D eigenvalue weighted by molar-refractivity contribution is 0.118. The Kier molecular flexibility index (Phi) is 6.56. The van der Waals surface area contributed by atoms with Gasteiger partial charge in [0.15, 0.2) is 0 Å². The van der Waals surface area contributed by atoms with E-state index in [-0.39, 0.29) is 0 Å². The van der Waals surface area contributed by atoms with Crippen molar-refractivity contribution in [2.24, 2.45) is 0 Å². The summed E-state index contributed by atoms with van der Waals surface area (Å²) in [6, 6.07) is 30.9. The van der Waals surface area contributed by atoms with Gasteiger partial charge in [0.05, 0.1) is 6.04 Å². The van der Waals surface area contributed by atoms with Gasteiger partial charge in [-0.15, -0.1) is 0 Å². The Bertz CT molecular complexity index is 892. The van der Waals surface area contributed by atoms with Crippen LogP contribution >= 0.6 is 0 Å². The minimum atomic E-state index is 0.332. The lowest BCUT2D eigenvalue weighted by Crippen LogP contribution is -2.47. The molecule has 2 heteroatoms. The van der Waals surface area contributed by atoms with Crippen molar-refractivity contribution in [1.82, 2.24) is 9.80 Å². The fraction of sp³-hybridized carbons (Fsp3) is 0.259. The van der Waals surface area contributed by atoms with Gasteiger partial charge in [-0.3, -0.25) is 9.80 Å². The summed E-state index contributed by atoms with van der Waals surface area (Å²) in [4.78, 5) is 5.19. The van der Waals surface area contributed by atoms with Crippen molar-refractivity contribution in [2.75, 3.05) is 32.7 Å². The molecule has 2 nitrogen and oxygen atoms in total. The fourth-order valence-corrected chi connectivity index (χ4v) is 4.10. The number of hydrogen-bond donors (Lipinski definition) is 0. The zero-order valence-corrected chi connectivity index (χ0v) is 17.2. The van der Waals surface area contributed by atoms with Gasteiger partial charge in [-0.1, -0.05) is 103 Å². The molecule has 1 fully saturated rings. The molecule has 0 spiro atoms. The normalized spacial score (nSPS) is 16.9. The van der Waals surface area contributed by atoms with Gasteiger partial charge < -0.3 is 0 Å². The van der Waals surface area contributed by atoms with E-state index in [4.69, 9.17) is 0 Å². The molecule has 1 aliphatic heterocycles. The van der Waals surface area contributed by atoms with E-state index in [1.54, 1.807) is 0 Å².